The Kier molecular flexibility index (Phi) is 10.8. The van der Waals surface area contributed by atoms with Crippen molar-refractivity contribution in [2.45, 2.75) is 26.6 Å². The molecule has 0 aromatic heterocycles. The number of para-hydroxylation sites is 1. The molecule has 0 aliphatic rings. The summed E-state index contributed by atoms with van der Waals surface area (Å²) < 4.78 is 11.0. The summed E-state index contributed by atoms with van der Waals surface area (Å²) in [7, 11) is 5.52. The van der Waals surface area contributed by atoms with Crippen molar-refractivity contribution in [3.05, 3.63) is 65.2 Å². The van der Waals surface area contributed by atoms with Gasteiger partial charge in [-0.15, -0.1) is 24.0 Å². The third-order valence-corrected chi connectivity index (χ3v) is 4.19. The van der Waals surface area contributed by atoms with Gasteiger partial charge in [-0.25, -0.2) is 0 Å². The fourth-order valence-corrected chi connectivity index (χ4v) is 2.81. The summed E-state index contributed by atoms with van der Waals surface area (Å²) in [6, 6.07) is 16.4. The number of rotatable bonds is 8. The first-order chi connectivity index (χ1) is 12.7. The van der Waals surface area contributed by atoms with Crippen molar-refractivity contribution in [2.75, 3.05) is 27.8 Å². The molecular formula is C21H30IN3O2. The molecule has 0 saturated heterocycles. The van der Waals surface area contributed by atoms with Crippen LogP contribution >= 0.6 is 24.0 Å². The van der Waals surface area contributed by atoms with Gasteiger partial charge in [-0.05, 0) is 24.1 Å². The predicted molar refractivity (Wildman–Crippen MR) is 122 cm³/mol. The van der Waals surface area contributed by atoms with Crippen LogP contribution in [0.4, 0.5) is 0 Å². The van der Waals surface area contributed by atoms with E-state index in [0.29, 0.717) is 26.3 Å². The van der Waals surface area contributed by atoms with Gasteiger partial charge < -0.3 is 19.7 Å². The van der Waals surface area contributed by atoms with Gasteiger partial charge in [0.15, 0.2) is 5.96 Å². The van der Waals surface area contributed by atoms with Crippen LogP contribution in [0.2, 0.25) is 0 Å². The van der Waals surface area contributed by atoms with E-state index in [-0.39, 0.29) is 24.0 Å². The van der Waals surface area contributed by atoms with E-state index in [0.717, 1.165) is 17.3 Å². The summed E-state index contributed by atoms with van der Waals surface area (Å²) in [6.45, 7) is 4.76. The minimum atomic E-state index is 0. The summed E-state index contributed by atoms with van der Waals surface area (Å²) in [4.78, 5) is 6.49. The number of halogens is 1. The number of aliphatic imine (C=N–C) groups is 1. The molecule has 6 heteroatoms. The van der Waals surface area contributed by atoms with E-state index < -0.39 is 0 Å². The maximum atomic E-state index is 5.56. The average molecular weight is 483 g/mol. The van der Waals surface area contributed by atoms with Crippen molar-refractivity contribution in [2.24, 2.45) is 4.99 Å². The normalized spacial score (nSPS) is 10.9. The summed E-state index contributed by atoms with van der Waals surface area (Å²) in [5.41, 5.74) is 3.54. The van der Waals surface area contributed by atoms with E-state index in [1.54, 1.807) is 14.2 Å². The number of hydrogen-bond donors (Lipinski definition) is 1. The minimum Gasteiger partial charge on any atom is -0.496 e. The van der Waals surface area contributed by atoms with Crippen molar-refractivity contribution in [3.63, 3.8) is 0 Å². The number of nitrogens with one attached hydrogen (secondary N) is 1. The smallest absolute Gasteiger partial charge is 0.193 e. The molecule has 0 heterocycles. The Bertz CT molecular complexity index is 722. The lowest BCUT2D eigenvalue weighted by Gasteiger charge is -2.23. The van der Waals surface area contributed by atoms with E-state index in [1.165, 1.54) is 11.1 Å². The van der Waals surface area contributed by atoms with Gasteiger partial charge in [-0.2, -0.15) is 0 Å². The van der Waals surface area contributed by atoms with E-state index in [4.69, 9.17) is 9.47 Å². The van der Waals surface area contributed by atoms with Crippen molar-refractivity contribution in [3.8, 4) is 5.75 Å². The lowest BCUT2D eigenvalue weighted by atomic mass is 10.1. The van der Waals surface area contributed by atoms with E-state index in [9.17, 15) is 0 Å². The number of ether oxygens (including phenoxy) is 2. The Labute approximate surface area is 179 Å². The lowest BCUT2D eigenvalue weighted by molar-refractivity contribution is 0.133. The highest BCUT2D eigenvalue weighted by Gasteiger charge is 2.10. The molecule has 148 valence electrons. The van der Waals surface area contributed by atoms with Crippen LogP contribution in [-0.4, -0.2) is 38.7 Å². The fraction of sp³-hybridized carbons (Fsp3) is 0.381. The topological polar surface area (TPSA) is 46.1 Å². The van der Waals surface area contributed by atoms with Crippen molar-refractivity contribution in [1.82, 2.24) is 10.2 Å². The molecular weight excluding hydrogens is 453 g/mol. The molecule has 0 amide bonds. The zero-order chi connectivity index (χ0) is 18.8. The highest BCUT2D eigenvalue weighted by molar-refractivity contribution is 14.0. The molecule has 0 radical (unpaired) electrons. The molecule has 0 atom stereocenters. The summed E-state index contributed by atoms with van der Waals surface area (Å²) in [5.74, 6) is 1.72. The molecule has 0 saturated carbocycles. The van der Waals surface area contributed by atoms with Crippen LogP contribution in [0.1, 0.15) is 23.6 Å². The molecule has 5 nitrogen and oxygen atoms in total. The molecule has 0 unspecified atom stereocenters. The highest BCUT2D eigenvalue weighted by Crippen LogP contribution is 2.18. The van der Waals surface area contributed by atoms with Crippen LogP contribution in [0.15, 0.2) is 53.5 Å². The van der Waals surface area contributed by atoms with Crippen LogP contribution in [-0.2, 0) is 24.4 Å². The summed E-state index contributed by atoms with van der Waals surface area (Å²) in [5, 5.41) is 3.44. The molecule has 0 spiro atoms. The van der Waals surface area contributed by atoms with Gasteiger partial charge in [-0.1, -0.05) is 42.5 Å². The second-order valence-corrected chi connectivity index (χ2v) is 5.97. The number of benzene rings is 2. The molecule has 2 aromatic carbocycles. The zero-order valence-corrected chi connectivity index (χ0v) is 18.9. The molecule has 2 aromatic rings. The Morgan fingerprint density at radius 2 is 1.67 bits per heavy atom. The molecule has 0 fully saturated rings. The Hall–Kier alpha value is -1.80. The first-order valence-electron chi connectivity index (χ1n) is 8.87. The number of hydrogen-bond acceptors (Lipinski definition) is 3. The minimum absolute atomic E-state index is 0. The van der Waals surface area contributed by atoms with Crippen molar-refractivity contribution in [1.29, 1.82) is 0 Å². The van der Waals surface area contributed by atoms with Gasteiger partial charge in [0, 0.05) is 39.4 Å². The highest BCUT2D eigenvalue weighted by atomic mass is 127. The first-order valence-corrected chi connectivity index (χ1v) is 8.87. The molecule has 2 rings (SSSR count). The van der Waals surface area contributed by atoms with E-state index in [2.05, 4.69) is 33.4 Å². The fourth-order valence-electron chi connectivity index (χ4n) is 2.81. The molecule has 0 aliphatic carbocycles. The SMILES string of the molecule is CCOCc1ccccc1CNC(=NC)N(C)Cc1ccccc1OC.I. The quantitative estimate of drug-likeness (QED) is 0.350. The monoisotopic (exact) mass is 483 g/mol. The maximum absolute atomic E-state index is 5.56. The third kappa shape index (κ3) is 7.03. The average Bonchev–Trinajstić information content (AvgIpc) is 2.68. The molecule has 27 heavy (non-hydrogen) atoms. The zero-order valence-electron chi connectivity index (χ0n) is 16.6. The number of nitrogens with zero attached hydrogens (tertiary/aromatic N) is 2. The Morgan fingerprint density at radius 3 is 2.30 bits per heavy atom. The second-order valence-electron chi connectivity index (χ2n) is 5.97. The van der Waals surface area contributed by atoms with Crippen LogP contribution in [0.5, 0.6) is 5.75 Å². The van der Waals surface area contributed by atoms with Gasteiger partial charge in [0.1, 0.15) is 5.75 Å². The number of methoxy groups -OCH3 is 1. The van der Waals surface area contributed by atoms with Crippen LogP contribution in [0.25, 0.3) is 0 Å². The van der Waals surface area contributed by atoms with Gasteiger partial charge in [0.05, 0.1) is 13.7 Å². The van der Waals surface area contributed by atoms with Crippen molar-refractivity contribution >= 4 is 29.9 Å². The summed E-state index contributed by atoms with van der Waals surface area (Å²) >= 11 is 0. The molecule has 0 aliphatic heterocycles. The predicted octanol–water partition coefficient (Wildman–Crippen LogP) is 4.06. The van der Waals surface area contributed by atoms with E-state index >= 15 is 0 Å². The van der Waals surface area contributed by atoms with Gasteiger partial charge in [0.2, 0.25) is 0 Å². The third-order valence-electron chi connectivity index (χ3n) is 4.19. The maximum Gasteiger partial charge on any atom is 0.193 e. The lowest BCUT2D eigenvalue weighted by Crippen LogP contribution is -2.38. The van der Waals surface area contributed by atoms with Crippen molar-refractivity contribution < 1.29 is 9.47 Å². The van der Waals surface area contributed by atoms with Gasteiger partial charge in [-0.3, -0.25) is 4.99 Å². The first kappa shape index (κ1) is 23.2. The molecule has 0 bridgehead atoms. The largest absolute Gasteiger partial charge is 0.496 e. The summed E-state index contributed by atoms with van der Waals surface area (Å²) in [6.07, 6.45) is 0. The van der Waals surface area contributed by atoms with Crippen LogP contribution in [0, 0.1) is 0 Å². The van der Waals surface area contributed by atoms with Crippen LogP contribution < -0.4 is 10.1 Å². The van der Waals surface area contributed by atoms with Gasteiger partial charge >= 0.3 is 0 Å². The standard InChI is InChI=1S/C21H29N3O2.HI/c1-5-26-16-19-12-7-6-10-17(19)14-23-21(22-2)24(3)15-18-11-8-9-13-20(18)25-4;/h6-13H,5,14-16H2,1-4H3,(H,22,23);1H. The Morgan fingerprint density at radius 1 is 1.04 bits per heavy atom. The Balaban J connectivity index is 0.00000364. The van der Waals surface area contributed by atoms with Gasteiger partial charge in [0.25, 0.3) is 0 Å². The van der Waals surface area contributed by atoms with E-state index in [1.807, 2.05) is 44.3 Å². The number of guanidine groups is 1. The van der Waals surface area contributed by atoms with Crippen LogP contribution in [0.3, 0.4) is 0 Å². The second kappa shape index (κ2) is 12.6. The molecule has 1 N–H and O–H groups in total.